The fraction of sp³-hybridized carbons (Fsp3) is 0.385. The molecule has 3 unspecified atom stereocenters. The molecule has 5 heteroatoms. The molecule has 1 heterocycles. The van der Waals surface area contributed by atoms with Crippen LogP contribution in [0.3, 0.4) is 0 Å². The van der Waals surface area contributed by atoms with Crippen LogP contribution in [0.4, 0.5) is 8.78 Å². The lowest BCUT2D eigenvalue weighted by Gasteiger charge is -2.30. The molecule has 4 rings (SSSR count). The average molecular weight is 425 g/mol. The van der Waals surface area contributed by atoms with E-state index in [-0.39, 0.29) is 12.1 Å². The minimum Gasteiger partial charge on any atom is -0.390 e. The first-order chi connectivity index (χ1) is 15.0. The van der Waals surface area contributed by atoms with Crippen LogP contribution in [-0.2, 0) is 19.3 Å². The SMILES string of the molecule is CCc1ccc2c(c1)C(NCC(O)C(Cc1cc(F)cc(F)c1)n1cccc1)CCC2. The van der Waals surface area contributed by atoms with E-state index in [1.807, 2.05) is 29.1 Å². The molecule has 1 aliphatic rings. The Morgan fingerprint density at radius 3 is 2.52 bits per heavy atom. The average Bonchev–Trinajstić information content (AvgIpc) is 3.29. The summed E-state index contributed by atoms with van der Waals surface area (Å²) in [6, 6.07) is 13.9. The van der Waals surface area contributed by atoms with Crippen molar-refractivity contribution < 1.29 is 13.9 Å². The molecule has 0 aliphatic heterocycles. The maximum absolute atomic E-state index is 13.7. The van der Waals surface area contributed by atoms with Gasteiger partial charge in [0.1, 0.15) is 11.6 Å². The van der Waals surface area contributed by atoms with Crippen LogP contribution in [0.25, 0.3) is 0 Å². The number of fused-ring (bicyclic) bond motifs is 1. The number of aliphatic hydroxyl groups is 1. The van der Waals surface area contributed by atoms with Gasteiger partial charge in [0.2, 0.25) is 0 Å². The highest BCUT2D eigenvalue weighted by atomic mass is 19.1. The van der Waals surface area contributed by atoms with Crippen molar-refractivity contribution in [3.05, 3.63) is 94.8 Å². The van der Waals surface area contributed by atoms with E-state index in [4.69, 9.17) is 0 Å². The molecule has 3 atom stereocenters. The summed E-state index contributed by atoms with van der Waals surface area (Å²) in [4.78, 5) is 0. The van der Waals surface area contributed by atoms with Gasteiger partial charge in [-0.05, 0) is 78.6 Å². The van der Waals surface area contributed by atoms with Gasteiger partial charge in [-0.15, -0.1) is 0 Å². The summed E-state index contributed by atoms with van der Waals surface area (Å²) in [5.41, 5.74) is 4.58. The van der Waals surface area contributed by atoms with Gasteiger partial charge in [0.05, 0.1) is 12.1 Å². The number of benzene rings is 2. The summed E-state index contributed by atoms with van der Waals surface area (Å²) in [7, 11) is 0. The molecule has 1 aliphatic carbocycles. The molecule has 164 valence electrons. The van der Waals surface area contributed by atoms with Crippen molar-refractivity contribution >= 4 is 0 Å². The first-order valence-corrected chi connectivity index (χ1v) is 11.1. The summed E-state index contributed by atoms with van der Waals surface area (Å²) in [6.45, 7) is 2.56. The Kier molecular flexibility index (Phi) is 6.83. The number of aryl methyl sites for hydroxylation is 2. The second-order valence-corrected chi connectivity index (χ2v) is 8.49. The van der Waals surface area contributed by atoms with Gasteiger partial charge in [0.15, 0.2) is 0 Å². The fourth-order valence-corrected chi connectivity index (χ4v) is 4.66. The smallest absolute Gasteiger partial charge is 0.126 e. The van der Waals surface area contributed by atoms with Gasteiger partial charge in [-0.1, -0.05) is 25.1 Å². The Morgan fingerprint density at radius 2 is 1.81 bits per heavy atom. The quantitative estimate of drug-likeness (QED) is 0.525. The number of hydrogen-bond donors (Lipinski definition) is 2. The lowest BCUT2D eigenvalue weighted by molar-refractivity contribution is 0.106. The predicted octanol–water partition coefficient (Wildman–Crippen LogP) is 5.14. The monoisotopic (exact) mass is 424 g/mol. The van der Waals surface area contributed by atoms with Crippen LogP contribution < -0.4 is 5.32 Å². The first kappa shape index (κ1) is 21.7. The molecule has 3 nitrogen and oxygen atoms in total. The number of nitrogens with one attached hydrogen (secondary N) is 1. The third kappa shape index (κ3) is 5.23. The Bertz CT molecular complexity index is 982. The second kappa shape index (κ2) is 9.75. The number of hydrogen-bond acceptors (Lipinski definition) is 2. The van der Waals surface area contributed by atoms with Gasteiger partial charge >= 0.3 is 0 Å². The number of aliphatic hydroxyl groups excluding tert-OH is 1. The van der Waals surface area contributed by atoms with Crippen molar-refractivity contribution in [2.45, 2.75) is 57.2 Å². The Hall–Kier alpha value is -2.50. The molecule has 3 aromatic rings. The van der Waals surface area contributed by atoms with Crippen LogP contribution in [0.5, 0.6) is 0 Å². The van der Waals surface area contributed by atoms with Crippen molar-refractivity contribution in [2.24, 2.45) is 0 Å². The minimum absolute atomic E-state index is 0.210. The maximum Gasteiger partial charge on any atom is 0.126 e. The fourth-order valence-electron chi connectivity index (χ4n) is 4.66. The molecule has 2 aromatic carbocycles. The number of aromatic nitrogens is 1. The van der Waals surface area contributed by atoms with Gasteiger partial charge in [0.25, 0.3) is 0 Å². The highest BCUT2D eigenvalue weighted by Crippen LogP contribution is 2.31. The number of nitrogens with zero attached hydrogens (tertiary/aromatic N) is 1. The van der Waals surface area contributed by atoms with Crippen LogP contribution in [0.2, 0.25) is 0 Å². The maximum atomic E-state index is 13.7. The standard InChI is InChI=1S/C26H30F2N2O/c1-2-18-8-9-20-6-5-7-24(23(20)14-18)29-17-26(31)25(30-10-3-4-11-30)15-19-12-21(27)16-22(28)13-19/h3-4,8-14,16,24-26,29,31H,2,5-7,15,17H2,1H3. The van der Waals surface area contributed by atoms with Gasteiger partial charge in [0, 0.05) is 31.0 Å². The molecule has 0 bridgehead atoms. The summed E-state index contributed by atoms with van der Waals surface area (Å²) in [5, 5.41) is 14.7. The van der Waals surface area contributed by atoms with Gasteiger partial charge < -0.3 is 15.0 Å². The molecule has 31 heavy (non-hydrogen) atoms. The zero-order valence-corrected chi connectivity index (χ0v) is 17.9. The third-order valence-corrected chi connectivity index (χ3v) is 6.33. The van der Waals surface area contributed by atoms with E-state index >= 15 is 0 Å². The third-order valence-electron chi connectivity index (χ3n) is 6.33. The highest BCUT2D eigenvalue weighted by molar-refractivity contribution is 5.36. The lowest BCUT2D eigenvalue weighted by atomic mass is 9.86. The van der Waals surface area contributed by atoms with Gasteiger partial charge in [-0.3, -0.25) is 0 Å². The van der Waals surface area contributed by atoms with Crippen molar-refractivity contribution in [1.82, 2.24) is 9.88 Å². The van der Waals surface area contributed by atoms with Crippen molar-refractivity contribution in [3.63, 3.8) is 0 Å². The van der Waals surface area contributed by atoms with E-state index in [1.54, 1.807) is 0 Å². The topological polar surface area (TPSA) is 37.2 Å². The van der Waals surface area contributed by atoms with Crippen LogP contribution in [-0.4, -0.2) is 22.3 Å². The van der Waals surface area contributed by atoms with Crippen LogP contribution in [0.1, 0.15) is 54.1 Å². The molecule has 0 radical (unpaired) electrons. The minimum atomic E-state index is -0.710. The molecule has 0 spiro atoms. The molecule has 2 N–H and O–H groups in total. The zero-order valence-electron chi connectivity index (χ0n) is 17.9. The number of rotatable bonds is 8. The highest BCUT2D eigenvalue weighted by Gasteiger charge is 2.25. The molecule has 0 amide bonds. The van der Waals surface area contributed by atoms with Crippen LogP contribution in [0.15, 0.2) is 60.9 Å². The van der Waals surface area contributed by atoms with E-state index in [0.29, 0.717) is 18.5 Å². The van der Waals surface area contributed by atoms with E-state index in [2.05, 4.69) is 30.4 Å². The Morgan fingerprint density at radius 1 is 1.06 bits per heavy atom. The molecule has 1 aromatic heterocycles. The summed E-state index contributed by atoms with van der Waals surface area (Å²) in [5.74, 6) is -1.20. The number of halogens is 2. The van der Waals surface area contributed by atoms with E-state index in [1.165, 1.54) is 28.8 Å². The predicted molar refractivity (Wildman–Crippen MR) is 119 cm³/mol. The first-order valence-electron chi connectivity index (χ1n) is 11.1. The molecule has 0 saturated heterocycles. The normalized spacial score (nSPS) is 17.9. The molecule has 0 saturated carbocycles. The van der Waals surface area contributed by atoms with Crippen molar-refractivity contribution in [1.29, 1.82) is 0 Å². The second-order valence-electron chi connectivity index (χ2n) is 8.49. The van der Waals surface area contributed by atoms with Crippen molar-refractivity contribution in [2.75, 3.05) is 6.54 Å². The Balaban J connectivity index is 1.49. The largest absolute Gasteiger partial charge is 0.390 e. The Labute approximate surface area is 182 Å². The van der Waals surface area contributed by atoms with Gasteiger partial charge in [-0.25, -0.2) is 8.78 Å². The summed E-state index contributed by atoms with van der Waals surface area (Å²) >= 11 is 0. The van der Waals surface area contributed by atoms with E-state index in [9.17, 15) is 13.9 Å². The summed E-state index contributed by atoms with van der Waals surface area (Å²) < 4.78 is 29.3. The molecular weight excluding hydrogens is 394 g/mol. The van der Waals surface area contributed by atoms with Gasteiger partial charge in [-0.2, -0.15) is 0 Å². The lowest BCUT2D eigenvalue weighted by Crippen LogP contribution is -2.37. The van der Waals surface area contributed by atoms with Crippen molar-refractivity contribution in [3.8, 4) is 0 Å². The molecular formula is C26H30F2N2O. The zero-order chi connectivity index (χ0) is 21.8. The molecule has 0 fully saturated rings. The van der Waals surface area contributed by atoms with E-state index < -0.39 is 17.7 Å². The summed E-state index contributed by atoms with van der Waals surface area (Å²) in [6.07, 6.45) is 7.65. The van der Waals surface area contributed by atoms with Crippen LogP contribution in [0, 0.1) is 11.6 Å². The van der Waals surface area contributed by atoms with E-state index in [0.717, 1.165) is 31.7 Å². The van der Waals surface area contributed by atoms with Crippen LogP contribution >= 0.6 is 0 Å².